The summed E-state index contributed by atoms with van der Waals surface area (Å²) in [4.78, 5) is 0. The molecule has 0 fully saturated rings. The number of hydrogen-bond acceptors (Lipinski definition) is 4. The Kier molecular flexibility index (Phi) is 3.32. The van der Waals surface area contributed by atoms with Crippen LogP contribution in [0.25, 0.3) is 10.6 Å². The molecule has 0 amide bonds. The third kappa shape index (κ3) is 2.28. The molecule has 2 rings (SSSR count). The molecule has 1 atom stereocenters. The Morgan fingerprint density at radius 2 is 2.19 bits per heavy atom. The van der Waals surface area contributed by atoms with Crippen LogP contribution in [0.15, 0.2) is 22.7 Å². The van der Waals surface area contributed by atoms with Gasteiger partial charge in [-0.2, -0.15) is 0 Å². The molecule has 0 bridgehead atoms. The van der Waals surface area contributed by atoms with E-state index in [1.165, 1.54) is 17.4 Å². The summed E-state index contributed by atoms with van der Waals surface area (Å²) in [5, 5.41) is 9.11. The maximum atomic E-state index is 13.6. The molecular weight excluding hydrogens is 293 g/mol. The fraction of sp³-hybridized carbons (Fsp3) is 0.200. The van der Waals surface area contributed by atoms with Crippen molar-refractivity contribution in [1.29, 1.82) is 0 Å². The number of halogens is 2. The third-order valence-electron chi connectivity index (χ3n) is 1.99. The van der Waals surface area contributed by atoms with Gasteiger partial charge in [0.2, 0.25) is 0 Å². The minimum absolute atomic E-state index is 0.176. The first-order valence-electron chi connectivity index (χ1n) is 4.62. The average molecular weight is 302 g/mol. The number of benzene rings is 1. The summed E-state index contributed by atoms with van der Waals surface area (Å²) in [6, 6.07) is 4.67. The zero-order valence-electron chi connectivity index (χ0n) is 8.45. The molecule has 1 heterocycles. The van der Waals surface area contributed by atoms with Crippen molar-refractivity contribution in [1.82, 2.24) is 10.2 Å². The summed E-state index contributed by atoms with van der Waals surface area (Å²) in [5.41, 5.74) is 6.13. The van der Waals surface area contributed by atoms with Crippen molar-refractivity contribution in [2.45, 2.75) is 13.0 Å². The predicted octanol–water partition coefficient (Wildman–Crippen LogP) is 3.13. The van der Waals surface area contributed by atoms with Gasteiger partial charge in [-0.25, -0.2) is 4.39 Å². The highest BCUT2D eigenvalue weighted by molar-refractivity contribution is 9.10. The van der Waals surface area contributed by atoms with Gasteiger partial charge in [0.05, 0.1) is 6.04 Å². The second kappa shape index (κ2) is 4.57. The maximum absolute atomic E-state index is 13.6. The van der Waals surface area contributed by atoms with Gasteiger partial charge < -0.3 is 5.73 Å². The Balaban J connectivity index is 2.42. The third-order valence-corrected chi connectivity index (χ3v) is 3.64. The van der Waals surface area contributed by atoms with Gasteiger partial charge in [-0.15, -0.1) is 10.2 Å². The van der Waals surface area contributed by atoms with Gasteiger partial charge in [-0.05, 0) is 25.1 Å². The van der Waals surface area contributed by atoms with E-state index in [1.54, 1.807) is 12.1 Å². The Labute approximate surface area is 105 Å². The normalized spacial score (nSPS) is 12.8. The zero-order chi connectivity index (χ0) is 11.7. The lowest BCUT2D eigenvalue weighted by atomic mass is 10.2. The number of hydrogen-bond donors (Lipinski definition) is 1. The van der Waals surface area contributed by atoms with Crippen LogP contribution < -0.4 is 5.73 Å². The van der Waals surface area contributed by atoms with Gasteiger partial charge in [-0.1, -0.05) is 27.3 Å². The first-order valence-corrected chi connectivity index (χ1v) is 6.23. The second-order valence-corrected chi connectivity index (χ2v) is 5.28. The van der Waals surface area contributed by atoms with Crippen molar-refractivity contribution in [2.75, 3.05) is 0 Å². The van der Waals surface area contributed by atoms with Crippen LogP contribution in [0.2, 0.25) is 0 Å². The smallest absolute Gasteiger partial charge is 0.150 e. The SMILES string of the molecule is CC(N)c1nnc(-c2ccc(Br)cc2F)s1. The highest BCUT2D eigenvalue weighted by Gasteiger charge is 2.13. The van der Waals surface area contributed by atoms with E-state index in [0.717, 1.165) is 0 Å². The zero-order valence-corrected chi connectivity index (χ0v) is 10.8. The van der Waals surface area contributed by atoms with Crippen LogP contribution in [-0.2, 0) is 0 Å². The molecule has 84 valence electrons. The predicted molar refractivity (Wildman–Crippen MR) is 65.6 cm³/mol. The van der Waals surface area contributed by atoms with Gasteiger partial charge in [0.1, 0.15) is 10.8 Å². The highest BCUT2D eigenvalue weighted by atomic mass is 79.9. The van der Waals surface area contributed by atoms with Crippen molar-refractivity contribution >= 4 is 27.3 Å². The summed E-state index contributed by atoms with van der Waals surface area (Å²) in [7, 11) is 0. The van der Waals surface area contributed by atoms with Crippen LogP contribution >= 0.6 is 27.3 Å². The van der Waals surface area contributed by atoms with Gasteiger partial charge >= 0.3 is 0 Å². The Hall–Kier alpha value is -0.850. The summed E-state index contributed by atoms with van der Waals surface area (Å²) in [6.07, 6.45) is 0. The standard InChI is InChI=1S/C10H9BrFN3S/c1-5(13)9-14-15-10(16-9)7-3-2-6(11)4-8(7)12/h2-5H,13H2,1H3. The van der Waals surface area contributed by atoms with Crippen LogP contribution in [0.5, 0.6) is 0 Å². The van der Waals surface area contributed by atoms with Crippen LogP contribution in [0, 0.1) is 5.82 Å². The monoisotopic (exact) mass is 301 g/mol. The molecule has 3 nitrogen and oxygen atoms in total. The molecule has 1 aromatic carbocycles. The molecule has 0 saturated heterocycles. The van der Waals surface area contributed by atoms with Crippen LogP contribution in [0.4, 0.5) is 4.39 Å². The van der Waals surface area contributed by atoms with E-state index in [-0.39, 0.29) is 11.9 Å². The number of nitrogens with two attached hydrogens (primary N) is 1. The molecule has 2 aromatic rings. The Morgan fingerprint density at radius 3 is 2.75 bits per heavy atom. The van der Waals surface area contributed by atoms with Crippen LogP contribution in [0.3, 0.4) is 0 Å². The summed E-state index contributed by atoms with van der Waals surface area (Å²) in [5.74, 6) is -0.318. The Bertz CT molecular complexity index is 513. The summed E-state index contributed by atoms with van der Waals surface area (Å²) in [6.45, 7) is 1.82. The lowest BCUT2D eigenvalue weighted by Gasteiger charge is -1.98. The molecule has 0 aliphatic carbocycles. The van der Waals surface area contributed by atoms with Crippen LogP contribution in [-0.4, -0.2) is 10.2 Å². The highest BCUT2D eigenvalue weighted by Crippen LogP contribution is 2.29. The van der Waals surface area contributed by atoms with Gasteiger partial charge in [0.15, 0.2) is 5.01 Å². The van der Waals surface area contributed by atoms with Gasteiger partial charge in [-0.3, -0.25) is 0 Å². The molecule has 0 spiro atoms. The van der Waals surface area contributed by atoms with Crippen molar-refractivity contribution < 1.29 is 4.39 Å². The number of nitrogens with zero attached hydrogens (tertiary/aromatic N) is 2. The molecule has 0 aliphatic rings. The average Bonchev–Trinajstić information content (AvgIpc) is 2.66. The molecule has 1 unspecified atom stereocenters. The largest absolute Gasteiger partial charge is 0.322 e. The van der Waals surface area contributed by atoms with E-state index in [9.17, 15) is 4.39 Å². The summed E-state index contributed by atoms with van der Waals surface area (Å²) >= 11 is 4.52. The fourth-order valence-electron chi connectivity index (χ4n) is 1.19. The topological polar surface area (TPSA) is 51.8 Å². The van der Waals surface area contributed by atoms with E-state index < -0.39 is 0 Å². The molecule has 0 radical (unpaired) electrons. The van der Waals surface area contributed by atoms with E-state index in [1.807, 2.05) is 6.92 Å². The van der Waals surface area contributed by atoms with E-state index in [0.29, 0.717) is 20.1 Å². The lowest BCUT2D eigenvalue weighted by Crippen LogP contribution is -2.03. The first kappa shape index (κ1) is 11.6. The minimum Gasteiger partial charge on any atom is -0.322 e. The molecule has 16 heavy (non-hydrogen) atoms. The van der Waals surface area contributed by atoms with E-state index in [2.05, 4.69) is 26.1 Å². The van der Waals surface area contributed by atoms with Crippen molar-refractivity contribution in [3.8, 4) is 10.6 Å². The minimum atomic E-state index is -0.318. The second-order valence-electron chi connectivity index (χ2n) is 3.36. The molecular formula is C10H9BrFN3S. The quantitative estimate of drug-likeness (QED) is 0.927. The maximum Gasteiger partial charge on any atom is 0.150 e. The van der Waals surface area contributed by atoms with Gasteiger partial charge in [0.25, 0.3) is 0 Å². The van der Waals surface area contributed by atoms with Crippen LogP contribution in [0.1, 0.15) is 18.0 Å². The molecule has 0 aliphatic heterocycles. The fourth-order valence-corrected chi connectivity index (χ4v) is 2.35. The molecule has 2 N–H and O–H groups in total. The van der Waals surface area contributed by atoms with Gasteiger partial charge in [0, 0.05) is 10.0 Å². The van der Waals surface area contributed by atoms with E-state index in [4.69, 9.17) is 5.73 Å². The van der Waals surface area contributed by atoms with Crippen molar-refractivity contribution in [3.63, 3.8) is 0 Å². The molecule has 1 aromatic heterocycles. The van der Waals surface area contributed by atoms with E-state index >= 15 is 0 Å². The van der Waals surface area contributed by atoms with Crippen molar-refractivity contribution in [2.24, 2.45) is 5.73 Å². The molecule has 0 saturated carbocycles. The Morgan fingerprint density at radius 1 is 1.44 bits per heavy atom. The first-order chi connectivity index (χ1) is 7.58. The number of aromatic nitrogens is 2. The van der Waals surface area contributed by atoms with Crippen molar-refractivity contribution in [3.05, 3.63) is 33.5 Å². The number of rotatable bonds is 2. The lowest BCUT2D eigenvalue weighted by molar-refractivity contribution is 0.630. The molecule has 6 heteroatoms. The summed E-state index contributed by atoms with van der Waals surface area (Å²) < 4.78 is 14.3.